The molecule has 1 amide bonds. The van der Waals surface area contributed by atoms with Crippen LogP contribution in [0.2, 0.25) is 0 Å². The van der Waals surface area contributed by atoms with Crippen LogP contribution in [0, 0.1) is 0 Å². The maximum Gasteiger partial charge on any atom is 0.237 e. The van der Waals surface area contributed by atoms with Crippen molar-refractivity contribution in [1.29, 1.82) is 0 Å². The van der Waals surface area contributed by atoms with E-state index in [1.807, 2.05) is 6.07 Å². The molecule has 2 aliphatic rings. The highest BCUT2D eigenvalue weighted by Crippen LogP contribution is 2.20. The number of hydrogen-bond donors (Lipinski definition) is 2. The van der Waals surface area contributed by atoms with Crippen LogP contribution in [0.4, 0.5) is 0 Å². The Labute approximate surface area is 163 Å². The standard InChI is InChI=1S/C19H29N3O.2ClH/c1-15-17(10-7-12-20-15)21-19(23)18-11-5-6-13-22(18)14-16-8-3-2-4-9-16;;/h2-4,8-9,15,17-18,20H,5-7,10-14H2,1H3,(H,21,23);2*1H. The first-order valence-corrected chi connectivity index (χ1v) is 9.06. The maximum absolute atomic E-state index is 12.8. The van der Waals surface area contributed by atoms with E-state index in [1.54, 1.807) is 0 Å². The Morgan fingerprint density at radius 1 is 1.16 bits per heavy atom. The predicted molar refractivity (Wildman–Crippen MR) is 108 cm³/mol. The number of nitrogens with one attached hydrogen (secondary N) is 2. The highest BCUT2D eigenvalue weighted by Gasteiger charge is 2.31. The van der Waals surface area contributed by atoms with Gasteiger partial charge in [-0.2, -0.15) is 0 Å². The van der Waals surface area contributed by atoms with E-state index in [-0.39, 0.29) is 42.8 Å². The normalized spacial score (nSPS) is 26.8. The van der Waals surface area contributed by atoms with Crippen LogP contribution in [0.3, 0.4) is 0 Å². The molecule has 0 aromatic heterocycles. The zero-order valence-corrected chi connectivity index (χ0v) is 16.6. The fourth-order valence-electron chi connectivity index (χ4n) is 3.82. The van der Waals surface area contributed by atoms with Crippen molar-refractivity contribution in [1.82, 2.24) is 15.5 Å². The van der Waals surface area contributed by atoms with Crippen molar-refractivity contribution in [2.75, 3.05) is 13.1 Å². The molecule has 2 heterocycles. The van der Waals surface area contributed by atoms with Gasteiger partial charge in [-0.05, 0) is 51.3 Å². The zero-order chi connectivity index (χ0) is 16.1. The van der Waals surface area contributed by atoms with Crippen LogP contribution in [0.15, 0.2) is 30.3 Å². The summed E-state index contributed by atoms with van der Waals surface area (Å²) in [4.78, 5) is 15.2. The quantitative estimate of drug-likeness (QED) is 0.833. The molecule has 142 valence electrons. The Bertz CT molecular complexity index is 515. The first-order chi connectivity index (χ1) is 11.2. The van der Waals surface area contributed by atoms with Crippen LogP contribution in [-0.4, -0.2) is 42.0 Å². The molecule has 4 nitrogen and oxygen atoms in total. The van der Waals surface area contributed by atoms with Crippen molar-refractivity contribution in [3.8, 4) is 0 Å². The van der Waals surface area contributed by atoms with Gasteiger partial charge >= 0.3 is 0 Å². The van der Waals surface area contributed by atoms with Crippen molar-refractivity contribution in [2.45, 2.75) is 63.7 Å². The molecular weight excluding hydrogens is 357 g/mol. The summed E-state index contributed by atoms with van der Waals surface area (Å²) >= 11 is 0. The average molecular weight is 388 g/mol. The minimum atomic E-state index is 0. The summed E-state index contributed by atoms with van der Waals surface area (Å²) in [6.07, 6.45) is 5.56. The number of benzene rings is 1. The van der Waals surface area contributed by atoms with E-state index in [0.29, 0.717) is 6.04 Å². The van der Waals surface area contributed by atoms with Crippen LogP contribution in [0.5, 0.6) is 0 Å². The fourth-order valence-corrected chi connectivity index (χ4v) is 3.82. The molecule has 3 rings (SSSR count). The second-order valence-electron chi connectivity index (χ2n) is 6.97. The third-order valence-corrected chi connectivity index (χ3v) is 5.23. The number of halogens is 2. The summed E-state index contributed by atoms with van der Waals surface area (Å²) in [6.45, 7) is 5.13. The Kier molecular flexibility index (Phi) is 9.80. The van der Waals surface area contributed by atoms with Gasteiger partial charge in [-0.25, -0.2) is 0 Å². The largest absolute Gasteiger partial charge is 0.350 e. The molecular formula is C19H31Cl2N3O. The smallest absolute Gasteiger partial charge is 0.237 e. The summed E-state index contributed by atoms with van der Waals surface area (Å²) in [5.41, 5.74) is 1.29. The molecule has 2 fully saturated rings. The first-order valence-electron chi connectivity index (χ1n) is 9.06. The molecule has 3 atom stereocenters. The molecule has 1 aromatic carbocycles. The predicted octanol–water partition coefficient (Wildman–Crippen LogP) is 3.14. The summed E-state index contributed by atoms with van der Waals surface area (Å²) < 4.78 is 0. The molecule has 2 saturated heterocycles. The van der Waals surface area contributed by atoms with Gasteiger partial charge in [0.1, 0.15) is 0 Å². The van der Waals surface area contributed by atoms with E-state index in [4.69, 9.17) is 0 Å². The second-order valence-corrected chi connectivity index (χ2v) is 6.97. The summed E-state index contributed by atoms with van der Waals surface area (Å²) in [6, 6.07) is 11.2. The van der Waals surface area contributed by atoms with E-state index in [0.717, 1.165) is 45.3 Å². The molecule has 0 bridgehead atoms. The number of amides is 1. The highest BCUT2D eigenvalue weighted by atomic mass is 35.5. The van der Waals surface area contributed by atoms with Gasteiger partial charge in [0.05, 0.1) is 6.04 Å². The molecule has 0 aliphatic carbocycles. The van der Waals surface area contributed by atoms with Gasteiger partial charge in [0.15, 0.2) is 0 Å². The summed E-state index contributed by atoms with van der Waals surface area (Å²) in [5, 5.41) is 6.77. The monoisotopic (exact) mass is 387 g/mol. The lowest BCUT2D eigenvalue weighted by atomic mass is 9.97. The van der Waals surface area contributed by atoms with Gasteiger partial charge in [-0.1, -0.05) is 36.8 Å². The number of rotatable bonds is 4. The molecule has 2 aliphatic heterocycles. The minimum absolute atomic E-state index is 0. The minimum Gasteiger partial charge on any atom is -0.350 e. The number of nitrogens with zero attached hydrogens (tertiary/aromatic N) is 1. The molecule has 2 N–H and O–H groups in total. The Hall–Kier alpha value is -0.810. The number of carbonyl (C=O) groups is 1. The van der Waals surface area contributed by atoms with Crippen molar-refractivity contribution >= 4 is 30.7 Å². The zero-order valence-electron chi connectivity index (χ0n) is 14.9. The fraction of sp³-hybridized carbons (Fsp3) is 0.632. The molecule has 25 heavy (non-hydrogen) atoms. The molecule has 0 radical (unpaired) electrons. The van der Waals surface area contributed by atoms with Gasteiger partial charge in [0.2, 0.25) is 5.91 Å². The van der Waals surface area contributed by atoms with Gasteiger partial charge in [0, 0.05) is 18.6 Å². The van der Waals surface area contributed by atoms with Crippen molar-refractivity contribution in [2.24, 2.45) is 0 Å². The topological polar surface area (TPSA) is 44.4 Å². The van der Waals surface area contributed by atoms with Crippen LogP contribution < -0.4 is 10.6 Å². The number of carbonyl (C=O) groups excluding carboxylic acids is 1. The van der Waals surface area contributed by atoms with E-state index in [9.17, 15) is 4.79 Å². The Morgan fingerprint density at radius 3 is 2.64 bits per heavy atom. The van der Waals surface area contributed by atoms with Crippen LogP contribution >= 0.6 is 24.8 Å². The van der Waals surface area contributed by atoms with Gasteiger partial charge in [-0.3, -0.25) is 9.69 Å². The number of piperidine rings is 2. The molecule has 1 aromatic rings. The molecule has 3 unspecified atom stereocenters. The SMILES string of the molecule is CC1NCCCC1NC(=O)C1CCCCN1Cc1ccccc1.Cl.Cl. The van der Waals surface area contributed by atoms with Crippen molar-refractivity contribution in [3.63, 3.8) is 0 Å². The lowest BCUT2D eigenvalue weighted by Gasteiger charge is -2.37. The van der Waals surface area contributed by atoms with Crippen molar-refractivity contribution < 1.29 is 4.79 Å². The lowest BCUT2D eigenvalue weighted by Crippen LogP contribution is -2.57. The van der Waals surface area contributed by atoms with Crippen LogP contribution in [0.1, 0.15) is 44.6 Å². The summed E-state index contributed by atoms with van der Waals surface area (Å²) in [5.74, 6) is 0.223. The third kappa shape index (κ3) is 6.14. The Morgan fingerprint density at radius 2 is 1.92 bits per heavy atom. The molecule has 0 saturated carbocycles. The molecule has 6 heteroatoms. The van der Waals surface area contributed by atoms with E-state index in [2.05, 4.69) is 46.7 Å². The average Bonchev–Trinajstić information content (AvgIpc) is 2.58. The third-order valence-electron chi connectivity index (χ3n) is 5.23. The molecule has 0 spiro atoms. The van der Waals surface area contributed by atoms with Crippen molar-refractivity contribution in [3.05, 3.63) is 35.9 Å². The number of likely N-dealkylation sites (tertiary alicyclic amines) is 1. The number of hydrogen-bond acceptors (Lipinski definition) is 3. The first kappa shape index (κ1) is 22.2. The van der Waals surface area contributed by atoms with E-state index in [1.165, 1.54) is 12.0 Å². The van der Waals surface area contributed by atoms with Crippen LogP contribution in [0.25, 0.3) is 0 Å². The highest BCUT2D eigenvalue weighted by molar-refractivity contribution is 5.85. The van der Waals surface area contributed by atoms with Gasteiger partial charge in [-0.15, -0.1) is 24.8 Å². The lowest BCUT2D eigenvalue weighted by molar-refractivity contribution is -0.129. The van der Waals surface area contributed by atoms with Gasteiger partial charge < -0.3 is 10.6 Å². The Balaban J connectivity index is 0.00000156. The maximum atomic E-state index is 12.8. The summed E-state index contributed by atoms with van der Waals surface area (Å²) in [7, 11) is 0. The van der Waals surface area contributed by atoms with E-state index >= 15 is 0 Å². The van der Waals surface area contributed by atoms with E-state index < -0.39 is 0 Å². The van der Waals surface area contributed by atoms with Gasteiger partial charge in [0.25, 0.3) is 0 Å². The van der Waals surface area contributed by atoms with Crippen LogP contribution in [-0.2, 0) is 11.3 Å². The second kappa shape index (κ2) is 11.0.